The second-order valence-corrected chi connectivity index (χ2v) is 9.23. The number of hydrogen-bond acceptors (Lipinski definition) is 3. The Labute approximate surface area is 151 Å². The molecule has 0 bridgehead atoms. The zero-order valence-corrected chi connectivity index (χ0v) is 16.3. The number of hydrogen-bond donors (Lipinski definition) is 1. The summed E-state index contributed by atoms with van der Waals surface area (Å²) in [5.41, 5.74) is 2.62. The highest BCUT2D eigenvalue weighted by Crippen LogP contribution is 2.19. The molecule has 0 saturated carbocycles. The van der Waals surface area contributed by atoms with Gasteiger partial charge in [0.2, 0.25) is 15.9 Å². The SMILES string of the molecule is CC(C)c1ccc(CCCNC(=O)C2CCCN(S(C)(=O)=O)C2)cc1. The van der Waals surface area contributed by atoms with Crippen molar-refractivity contribution in [2.24, 2.45) is 5.92 Å². The third-order valence-electron chi connectivity index (χ3n) is 4.81. The van der Waals surface area contributed by atoms with Gasteiger partial charge in [-0.25, -0.2) is 12.7 Å². The number of sulfonamides is 1. The van der Waals surface area contributed by atoms with Crippen molar-refractivity contribution in [1.29, 1.82) is 0 Å². The predicted octanol–water partition coefficient (Wildman–Crippen LogP) is 2.53. The van der Waals surface area contributed by atoms with Crippen molar-refractivity contribution in [3.63, 3.8) is 0 Å². The summed E-state index contributed by atoms with van der Waals surface area (Å²) in [6.45, 7) is 5.82. The molecule has 0 aliphatic carbocycles. The Hall–Kier alpha value is -1.40. The number of carbonyl (C=O) groups is 1. The molecule has 1 N–H and O–H groups in total. The van der Waals surface area contributed by atoms with Crippen LogP contribution in [0.1, 0.15) is 50.2 Å². The van der Waals surface area contributed by atoms with Crippen LogP contribution in [-0.2, 0) is 21.2 Å². The van der Waals surface area contributed by atoms with E-state index < -0.39 is 10.0 Å². The molecule has 5 nitrogen and oxygen atoms in total. The van der Waals surface area contributed by atoms with Crippen LogP contribution in [0.2, 0.25) is 0 Å². The number of nitrogens with one attached hydrogen (secondary N) is 1. The molecule has 1 aromatic rings. The van der Waals surface area contributed by atoms with Crippen LogP contribution in [0.25, 0.3) is 0 Å². The zero-order valence-electron chi connectivity index (χ0n) is 15.5. The first kappa shape index (κ1) is 19.9. The van der Waals surface area contributed by atoms with E-state index in [1.807, 2.05) is 0 Å². The van der Waals surface area contributed by atoms with E-state index in [0.29, 0.717) is 25.6 Å². The minimum absolute atomic E-state index is 0.0245. The van der Waals surface area contributed by atoms with Crippen LogP contribution >= 0.6 is 0 Å². The van der Waals surface area contributed by atoms with Gasteiger partial charge in [-0.05, 0) is 42.7 Å². The summed E-state index contributed by atoms with van der Waals surface area (Å²) >= 11 is 0. The molecule has 0 aromatic heterocycles. The third-order valence-corrected chi connectivity index (χ3v) is 6.08. The van der Waals surface area contributed by atoms with Crippen LogP contribution in [0, 0.1) is 5.92 Å². The van der Waals surface area contributed by atoms with E-state index in [4.69, 9.17) is 0 Å². The number of nitrogens with zero attached hydrogens (tertiary/aromatic N) is 1. The first-order valence-electron chi connectivity index (χ1n) is 9.09. The van der Waals surface area contributed by atoms with Crippen molar-refractivity contribution in [2.75, 3.05) is 25.9 Å². The Kier molecular flexibility index (Phi) is 7.02. The van der Waals surface area contributed by atoms with Gasteiger partial charge < -0.3 is 5.32 Å². The van der Waals surface area contributed by atoms with E-state index in [1.165, 1.54) is 21.7 Å². The number of amides is 1. The number of carbonyl (C=O) groups excluding carboxylic acids is 1. The van der Waals surface area contributed by atoms with E-state index in [1.54, 1.807) is 0 Å². The predicted molar refractivity (Wildman–Crippen MR) is 101 cm³/mol. The molecule has 0 spiro atoms. The second kappa shape index (κ2) is 8.81. The molecule has 1 saturated heterocycles. The molecule has 2 rings (SSSR count). The van der Waals surface area contributed by atoms with Gasteiger partial charge in [0.05, 0.1) is 12.2 Å². The third kappa shape index (κ3) is 6.12. The average Bonchev–Trinajstić information content (AvgIpc) is 2.58. The summed E-state index contributed by atoms with van der Waals surface area (Å²) in [6.07, 6.45) is 4.52. The van der Waals surface area contributed by atoms with Gasteiger partial charge in [-0.3, -0.25) is 4.79 Å². The molecule has 6 heteroatoms. The molecule has 1 aromatic carbocycles. The minimum atomic E-state index is -3.21. The second-order valence-electron chi connectivity index (χ2n) is 7.25. The maximum atomic E-state index is 12.3. The summed E-state index contributed by atoms with van der Waals surface area (Å²) < 4.78 is 24.7. The van der Waals surface area contributed by atoms with Crippen LogP contribution in [0.3, 0.4) is 0 Å². The lowest BCUT2D eigenvalue weighted by Crippen LogP contribution is -2.45. The monoisotopic (exact) mass is 366 g/mol. The number of rotatable bonds is 7. The van der Waals surface area contributed by atoms with Gasteiger partial charge in [-0.2, -0.15) is 0 Å². The number of benzene rings is 1. The van der Waals surface area contributed by atoms with Gasteiger partial charge in [-0.1, -0.05) is 38.1 Å². The molecule has 1 unspecified atom stereocenters. The van der Waals surface area contributed by atoms with Crippen molar-refractivity contribution in [2.45, 2.75) is 45.4 Å². The summed E-state index contributed by atoms with van der Waals surface area (Å²) in [4.78, 5) is 12.3. The van der Waals surface area contributed by atoms with Gasteiger partial charge in [-0.15, -0.1) is 0 Å². The quantitative estimate of drug-likeness (QED) is 0.754. The molecule has 1 aliphatic rings. The molecule has 0 radical (unpaired) electrons. The summed E-state index contributed by atoms with van der Waals surface area (Å²) in [6, 6.07) is 8.64. The van der Waals surface area contributed by atoms with Crippen LogP contribution < -0.4 is 5.32 Å². The van der Waals surface area contributed by atoms with E-state index in [9.17, 15) is 13.2 Å². The van der Waals surface area contributed by atoms with Gasteiger partial charge >= 0.3 is 0 Å². The lowest BCUT2D eigenvalue weighted by atomic mass is 9.98. The smallest absolute Gasteiger partial charge is 0.224 e. The first-order valence-corrected chi connectivity index (χ1v) is 10.9. The van der Waals surface area contributed by atoms with Crippen LogP contribution in [0.5, 0.6) is 0 Å². The average molecular weight is 367 g/mol. The fourth-order valence-corrected chi connectivity index (χ4v) is 4.09. The minimum Gasteiger partial charge on any atom is -0.356 e. The molecule has 25 heavy (non-hydrogen) atoms. The van der Waals surface area contributed by atoms with Gasteiger partial charge in [0.15, 0.2) is 0 Å². The van der Waals surface area contributed by atoms with Crippen LogP contribution in [-0.4, -0.2) is 44.5 Å². The Morgan fingerprint density at radius 3 is 2.56 bits per heavy atom. The van der Waals surface area contributed by atoms with E-state index >= 15 is 0 Å². The molecular formula is C19H30N2O3S. The lowest BCUT2D eigenvalue weighted by molar-refractivity contribution is -0.126. The van der Waals surface area contributed by atoms with Gasteiger partial charge in [0.25, 0.3) is 0 Å². The summed E-state index contributed by atoms with van der Waals surface area (Å²) in [5.74, 6) is 0.285. The molecular weight excluding hydrogens is 336 g/mol. The largest absolute Gasteiger partial charge is 0.356 e. The molecule has 1 heterocycles. The number of aryl methyl sites for hydroxylation is 1. The van der Waals surface area contributed by atoms with E-state index in [0.717, 1.165) is 25.7 Å². The van der Waals surface area contributed by atoms with Crippen molar-refractivity contribution in [3.05, 3.63) is 35.4 Å². The standard InChI is InChI=1S/C19H30N2O3S/c1-15(2)17-10-8-16(9-11-17)6-4-12-20-19(22)18-7-5-13-21(14-18)25(3,23)24/h8-11,15,18H,4-7,12-14H2,1-3H3,(H,20,22). The fourth-order valence-electron chi connectivity index (χ4n) is 3.18. The molecule has 1 aliphatic heterocycles. The van der Waals surface area contributed by atoms with Crippen molar-refractivity contribution >= 4 is 15.9 Å². The Balaban J connectivity index is 1.73. The summed E-state index contributed by atoms with van der Waals surface area (Å²) in [7, 11) is -3.21. The van der Waals surface area contributed by atoms with Crippen LogP contribution in [0.15, 0.2) is 24.3 Å². The van der Waals surface area contributed by atoms with Crippen molar-refractivity contribution < 1.29 is 13.2 Å². The van der Waals surface area contributed by atoms with Gasteiger partial charge in [0, 0.05) is 19.6 Å². The van der Waals surface area contributed by atoms with Crippen LogP contribution in [0.4, 0.5) is 0 Å². The highest BCUT2D eigenvalue weighted by atomic mass is 32.2. The fraction of sp³-hybridized carbons (Fsp3) is 0.632. The summed E-state index contributed by atoms with van der Waals surface area (Å²) in [5, 5.41) is 2.96. The number of piperidine rings is 1. The van der Waals surface area contributed by atoms with E-state index in [-0.39, 0.29) is 11.8 Å². The molecule has 1 fully saturated rings. The molecule has 140 valence electrons. The van der Waals surface area contributed by atoms with E-state index in [2.05, 4.69) is 43.4 Å². The maximum absolute atomic E-state index is 12.3. The maximum Gasteiger partial charge on any atom is 0.224 e. The zero-order chi connectivity index (χ0) is 18.4. The highest BCUT2D eigenvalue weighted by Gasteiger charge is 2.29. The first-order chi connectivity index (χ1) is 11.8. The molecule has 1 atom stereocenters. The Bertz CT molecular complexity index is 668. The van der Waals surface area contributed by atoms with Crippen molar-refractivity contribution in [1.82, 2.24) is 9.62 Å². The topological polar surface area (TPSA) is 66.5 Å². The molecule has 1 amide bonds. The Morgan fingerprint density at radius 1 is 1.28 bits per heavy atom. The lowest BCUT2D eigenvalue weighted by Gasteiger charge is -2.30. The normalized spacial score (nSPS) is 19.1. The Morgan fingerprint density at radius 2 is 1.96 bits per heavy atom. The highest BCUT2D eigenvalue weighted by molar-refractivity contribution is 7.88. The van der Waals surface area contributed by atoms with Crippen molar-refractivity contribution in [3.8, 4) is 0 Å². The van der Waals surface area contributed by atoms with Gasteiger partial charge in [0.1, 0.15) is 0 Å².